The van der Waals surface area contributed by atoms with Crippen molar-refractivity contribution in [1.29, 1.82) is 0 Å². The molecule has 26 heavy (non-hydrogen) atoms. The third kappa shape index (κ3) is 3.16. The Hall–Kier alpha value is -2.13. The molecule has 138 valence electrons. The maximum absolute atomic E-state index is 12.3. The third-order valence-electron chi connectivity index (χ3n) is 5.69. The molecule has 1 saturated heterocycles. The summed E-state index contributed by atoms with van der Waals surface area (Å²) in [7, 11) is 1.91. The normalized spacial score (nSPS) is 17.5. The molecule has 0 spiro atoms. The van der Waals surface area contributed by atoms with Gasteiger partial charge in [0.25, 0.3) is 0 Å². The van der Waals surface area contributed by atoms with E-state index in [1.807, 2.05) is 11.9 Å². The van der Waals surface area contributed by atoms with Gasteiger partial charge < -0.3 is 4.90 Å². The van der Waals surface area contributed by atoms with Crippen LogP contribution < -0.4 is 5.32 Å². The Balaban J connectivity index is 2.27. The van der Waals surface area contributed by atoms with Crippen molar-refractivity contribution in [3.8, 4) is 0 Å². The molecule has 1 aliphatic rings. The van der Waals surface area contributed by atoms with Crippen LogP contribution in [0.15, 0.2) is 24.3 Å². The summed E-state index contributed by atoms with van der Waals surface area (Å²) in [5.74, 6) is 0.275. The second-order valence-electron chi connectivity index (χ2n) is 7.93. The van der Waals surface area contributed by atoms with Crippen molar-refractivity contribution in [2.75, 3.05) is 13.6 Å². The van der Waals surface area contributed by atoms with Crippen molar-refractivity contribution in [2.45, 2.75) is 53.6 Å². The minimum Gasteiger partial charge on any atom is -0.328 e. The lowest BCUT2D eigenvalue weighted by atomic mass is 9.78. The standard InChI is InChI=1S/C23H30N2O/c1-13-8-15(3)20(16(4)9-13)22(23-24-12-19(26)25(23)7)21-17(5)10-14(2)11-18(21)6/h8-11,22-24H,12H2,1-7H3/t23-/m0/s1. The highest BCUT2D eigenvalue weighted by molar-refractivity contribution is 5.80. The zero-order valence-electron chi connectivity index (χ0n) is 17.0. The average molecular weight is 351 g/mol. The van der Waals surface area contributed by atoms with Crippen LogP contribution in [0.5, 0.6) is 0 Å². The van der Waals surface area contributed by atoms with E-state index in [2.05, 4.69) is 71.1 Å². The number of likely N-dealkylation sites (N-methyl/N-ethyl adjacent to an activating group) is 1. The largest absolute Gasteiger partial charge is 0.328 e. The SMILES string of the molecule is Cc1cc(C)c(C(c2c(C)cc(C)cc2C)[C@H]2NCC(=O)N2C)c(C)c1. The first kappa shape index (κ1) is 18.7. The van der Waals surface area contributed by atoms with E-state index in [0.29, 0.717) is 6.54 Å². The summed E-state index contributed by atoms with van der Waals surface area (Å²) in [6, 6.07) is 9.02. The summed E-state index contributed by atoms with van der Waals surface area (Å²) in [6.45, 7) is 13.5. The molecule has 2 aromatic carbocycles. The number of benzene rings is 2. The van der Waals surface area contributed by atoms with Crippen LogP contribution in [0.2, 0.25) is 0 Å². The summed E-state index contributed by atoms with van der Waals surface area (Å²) in [5, 5.41) is 3.47. The smallest absolute Gasteiger partial charge is 0.237 e. The van der Waals surface area contributed by atoms with Crippen LogP contribution in [0.4, 0.5) is 0 Å². The van der Waals surface area contributed by atoms with Gasteiger partial charge in [-0.1, -0.05) is 35.4 Å². The predicted molar refractivity (Wildman–Crippen MR) is 108 cm³/mol. The quantitative estimate of drug-likeness (QED) is 0.905. The molecule has 1 amide bonds. The van der Waals surface area contributed by atoms with Crippen LogP contribution in [0.1, 0.15) is 50.4 Å². The molecule has 1 atom stereocenters. The highest BCUT2D eigenvalue weighted by atomic mass is 16.2. The first-order valence-electron chi connectivity index (χ1n) is 9.35. The minimum atomic E-state index is -0.0253. The Morgan fingerprint density at radius 3 is 1.54 bits per heavy atom. The molecular weight excluding hydrogens is 320 g/mol. The molecule has 0 unspecified atom stereocenters. The molecule has 0 radical (unpaired) electrons. The van der Waals surface area contributed by atoms with Gasteiger partial charge in [0.2, 0.25) is 5.91 Å². The number of carbonyl (C=O) groups is 1. The lowest BCUT2D eigenvalue weighted by molar-refractivity contribution is -0.126. The first-order valence-corrected chi connectivity index (χ1v) is 9.35. The Kier molecular flexibility index (Phi) is 4.94. The van der Waals surface area contributed by atoms with Gasteiger partial charge in [0.05, 0.1) is 12.7 Å². The molecule has 1 heterocycles. The minimum absolute atomic E-state index is 0.0253. The lowest BCUT2D eigenvalue weighted by Gasteiger charge is -2.34. The van der Waals surface area contributed by atoms with E-state index in [4.69, 9.17) is 0 Å². The maximum Gasteiger partial charge on any atom is 0.237 e. The van der Waals surface area contributed by atoms with Crippen molar-refractivity contribution in [1.82, 2.24) is 10.2 Å². The summed E-state index contributed by atoms with van der Waals surface area (Å²) >= 11 is 0. The van der Waals surface area contributed by atoms with Gasteiger partial charge in [0.1, 0.15) is 0 Å². The Labute approximate surface area is 157 Å². The molecular formula is C23H30N2O. The molecule has 1 N–H and O–H groups in total. The Morgan fingerprint density at radius 1 is 0.846 bits per heavy atom. The average Bonchev–Trinajstić information content (AvgIpc) is 2.83. The zero-order valence-corrected chi connectivity index (χ0v) is 17.0. The molecule has 1 fully saturated rings. The van der Waals surface area contributed by atoms with Crippen LogP contribution >= 0.6 is 0 Å². The lowest BCUT2D eigenvalue weighted by Crippen LogP contribution is -2.41. The van der Waals surface area contributed by atoms with Gasteiger partial charge >= 0.3 is 0 Å². The number of rotatable bonds is 3. The summed E-state index contributed by atoms with van der Waals surface area (Å²) in [4.78, 5) is 14.1. The summed E-state index contributed by atoms with van der Waals surface area (Å²) in [6.07, 6.45) is -0.0253. The van der Waals surface area contributed by atoms with Gasteiger partial charge in [-0.3, -0.25) is 10.1 Å². The second kappa shape index (κ2) is 6.88. The number of amides is 1. The van der Waals surface area contributed by atoms with Crippen molar-refractivity contribution >= 4 is 5.91 Å². The topological polar surface area (TPSA) is 32.3 Å². The van der Waals surface area contributed by atoms with E-state index in [0.717, 1.165) is 0 Å². The van der Waals surface area contributed by atoms with Gasteiger partial charge in [0, 0.05) is 13.0 Å². The number of nitrogens with zero attached hydrogens (tertiary/aromatic N) is 1. The zero-order chi connectivity index (χ0) is 19.2. The summed E-state index contributed by atoms with van der Waals surface area (Å²) in [5.41, 5.74) is 10.4. The molecule has 0 aromatic heterocycles. The van der Waals surface area contributed by atoms with Gasteiger partial charge in [-0.2, -0.15) is 0 Å². The van der Waals surface area contributed by atoms with Crippen LogP contribution in [0, 0.1) is 41.5 Å². The van der Waals surface area contributed by atoms with Crippen molar-refractivity contribution in [3.05, 3.63) is 68.8 Å². The van der Waals surface area contributed by atoms with Crippen molar-refractivity contribution in [2.24, 2.45) is 0 Å². The van der Waals surface area contributed by atoms with Gasteiger partial charge in [0.15, 0.2) is 0 Å². The van der Waals surface area contributed by atoms with E-state index in [9.17, 15) is 4.79 Å². The van der Waals surface area contributed by atoms with E-state index in [1.165, 1.54) is 44.5 Å². The van der Waals surface area contributed by atoms with Crippen LogP contribution in [0.25, 0.3) is 0 Å². The van der Waals surface area contributed by atoms with Gasteiger partial charge in [-0.15, -0.1) is 0 Å². The molecule has 1 aliphatic heterocycles. The fourth-order valence-corrected chi connectivity index (χ4v) is 4.77. The number of carbonyl (C=O) groups excluding carboxylic acids is 1. The maximum atomic E-state index is 12.3. The fraction of sp³-hybridized carbons (Fsp3) is 0.435. The Morgan fingerprint density at radius 2 is 1.23 bits per heavy atom. The fourth-order valence-electron chi connectivity index (χ4n) is 4.77. The van der Waals surface area contributed by atoms with Gasteiger partial charge in [-0.05, 0) is 74.9 Å². The molecule has 0 bridgehead atoms. The second-order valence-corrected chi connectivity index (χ2v) is 7.93. The molecule has 0 aliphatic carbocycles. The van der Waals surface area contributed by atoms with Crippen LogP contribution in [-0.2, 0) is 4.79 Å². The van der Waals surface area contributed by atoms with Crippen LogP contribution in [-0.4, -0.2) is 30.6 Å². The summed E-state index contributed by atoms with van der Waals surface area (Å²) < 4.78 is 0. The number of nitrogens with one attached hydrogen (secondary N) is 1. The van der Waals surface area contributed by atoms with E-state index < -0.39 is 0 Å². The van der Waals surface area contributed by atoms with Crippen molar-refractivity contribution < 1.29 is 4.79 Å². The number of aryl methyl sites for hydroxylation is 6. The molecule has 2 aromatic rings. The number of hydrogen-bond donors (Lipinski definition) is 1. The number of hydrogen-bond acceptors (Lipinski definition) is 2. The highest BCUT2D eigenvalue weighted by Crippen LogP contribution is 2.39. The highest BCUT2D eigenvalue weighted by Gasteiger charge is 2.38. The molecule has 3 rings (SSSR count). The van der Waals surface area contributed by atoms with Gasteiger partial charge in [-0.25, -0.2) is 0 Å². The van der Waals surface area contributed by atoms with Crippen LogP contribution in [0.3, 0.4) is 0 Å². The molecule has 3 nitrogen and oxygen atoms in total. The Bertz CT molecular complexity index is 765. The molecule has 3 heteroatoms. The monoisotopic (exact) mass is 350 g/mol. The predicted octanol–water partition coefficient (Wildman–Crippen LogP) is 4.06. The van der Waals surface area contributed by atoms with E-state index >= 15 is 0 Å². The van der Waals surface area contributed by atoms with E-state index in [-0.39, 0.29) is 18.0 Å². The van der Waals surface area contributed by atoms with E-state index in [1.54, 1.807) is 0 Å². The first-order chi connectivity index (χ1) is 12.2. The van der Waals surface area contributed by atoms with Crippen molar-refractivity contribution in [3.63, 3.8) is 0 Å². The third-order valence-corrected chi connectivity index (χ3v) is 5.69. The molecule has 0 saturated carbocycles.